The summed E-state index contributed by atoms with van der Waals surface area (Å²) in [5.41, 5.74) is 0.873. The quantitative estimate of drug-likeness (QED) is 0.560. The zero-order valence-electron chi connectivity index (χ0n) is 16.2. The fourth-order valence-corrected chi connectivity index (χ4v) is 3.94. The highest BCUT2D eigenvalue weighted by molar-refractivity contribution is 7.92. The van der Waals surface area contributed by atoms with E-state index in [4.69, 9.17) is 21.1 Å². The van der Waals surface area contributed by atoms with Crippen LogP contribution in [0.15, 0.2) is 71.6 Å². The summed E-state index contributed by atoms with van der Waals surface area (Å²) in [6.07, 6.45) is 0. The van der Waals surface area contributed by atoms with E-state index in [-0.39, 0.29) is 10.6 Å². The summed E-state index contributed by atoms with van der Waals surface area (Å²) in [7, 11) is -1.01. The van der Waals surface area contributed by atoms with Crippen LogP contribution in [0.5, 0.6) is 11.5 Å². The molecule has 0 radical (unpaired) electrons. The van der Waals surface area contributed by atoms with Gasteiger partial charge in [0.15, 0.2) is 0 Å². The van der Waals surface area contributed by atoms with Gasteiger partial charge in [0.1, 0.15) is 11.5 Å². The van der Waals surface area contributed by atoms with Crippen molar-refractivity contribution < 1.29 is 22.7 Å². The lowest BCUT2D eigenvalue weighted by atomic mass is 10.2. The number of ether oxygens (including phenoxy) is 2. The Bertz CT molecular complexity index is 1180. The minimum atomic E-state index is -3.93. The minimum Gasteiger partial charge on any atom is -0.497 e. The molecule has 7 nitrogen and oxygen atoms in total. The van der Waals surface area contributed by atoms with Gasteiger partial charge in [-0.25, -0.2) is 8.42 Å². The second-order valence-corrected chi connectivity index (χ2v) is 8.28. The van der Waals surface area contributed by atoms with Crippen LogP contribution in [0, 0.1) is 0 Å². The summed E-state index contributed by atoms with van der Waals surface area (Å²) in [6, 6.07) is 17.1. The molecule has 156 valence electrons. The number of carbonyl (C=O) groups excluding carboxylic acids is 1. The molecule has 2 N–H and O–H groups in total. The topological polar surface area (TPSA) is 93.7 Å². The highest BCUT2D eigenvalue weighted by atomic mass is 35.5. The first-order chi connectivity index (χ1) is 14.3. The van der Waals surface area contributed by atoms with Crippen LogP contribution in [0.25, 0.3) is 0 Å². The van der Waals surface area contributed by atoms with E-state index in [1.54, 1.807) is 42.5 Å². The smallest absolute Gasteiger partial charge is 0.261 e. The van der Waals surface area contributed by atoms with Crippen LogP contribution >= 0.6 is 11.6 Å². The molecule has 0 aliphatic carbocycles. The van der Waals surface area contributed by atoms with E-state index in [1.807, 2.05) is 0 Å². The van der Waals surface area contributed by atoms with Crippen molar-refractivity contribution in [1.29, 1.82) is 0 Å². The molecule has 0 aliphatic rings. The third-order valence-electron chi connectivity index (χ3n) is 4.14. The molecule has 0 atom stereocenters. The van der Waals surface area contributed by atoms with Crippen molar-refractivity contribution in [3.05, 3.63) is 77.3 Å². The fraction of sp³-hybridized carbons (Fsp3) is 0.0952. The second-order valence-electron chi connectivity index (χ2n) is 6.16. The number of sulfonamides is 1. The van der Waals surface area contributed by atoms with Crippen LogP contribution in [0.2, 0.25) is 5.02 Å². The molecule has 30 heavy (non-hydrogen) atoms. The molecule has 0 bridgehead atoms. The van der Waals surface area contributed by atoms with Gasteiger partial charge in [-0.2, -0.15) is 0 Å². The number of amides is 1. The van der Waals surface area contributed by atoms with Crippen LogP contribution in [0.1, 0.15) is 10.4 Å². The lowest BCUT2D eigenvalue weighted by Gasteiger charge is -2.14. The lowest BCUT2D eigenvalue weighted by Crippen LogP contribution is -2.16. The molecule has 3 aromatic rings. The lowest BCUT2D eigenvalue weighted by molar-refractivity contribution is 0.102. The Balaban J connectivity index is 1.90. The normalized spacial score (nSPS) is 10.9. The van der Waals surface area contributed by atoms with Crippen LogP contribution in [0.3, 0.4) is 0 Å². The van der Waals surface area contributed by atoms with Crippen molar-refractivity contribution in [2.45, 2.75) is 4.90 Å². The van der Waals surface area contributed by atoms with Gasteiger partial charge < -0.3 is 14.8 Å². The van der Waals surface area contributed by atoms with Crippen molar-refractivity contribution in [3.8, 4) is 11.5 Å². The number of methoxy groups -OCH3 is 2. The van der Waals surface area contributed by atoms with E-state index in [0.717, 1.165) is 0 Å². The largest absolute Gasteiger partial charge is 0.497 e. The average Bonchev–Trinajstić information content (AvgIpc) is 2.73. The van der Waals surface area contributed by atoms with E-state index in [1.165, 1.54) is 38.5 Å². The molecule has 0 heterocycles. The highest BCUT2D eigenvalue weighted by Crippen LogP contribution is 2.29. The summed E-state index contributed by atoms with van der Waals surface area (Å²) in [4.78, 5) is 12.5. The molecule has 0 saturated carbocycles. The standard InChI is InChI=1S/C21H19ClN2O5S/c1-28-17-8-4-7-16(12-17)24-30(26,27)18-9-10-20(29-2)19(13-18)23-21(25)14-5-3-6-15(22)11-14/h3-13,24H,1-2H3,(H,23,25). The van der Waals surface area contributed by atoms with Gasteiger partial charge in [0.05, 0.1) is 30.5 Å². The summed E-state index contributed by atoms with van der Waals surface area (Å²) in [5.74, 6) is 0.371. The van der Waals surface area contributed by atoms with Gasteiger partial charge in [0.25, 0.3) is 15.9 Å². The molecular weight excluding hydrogens is 428 g/mol. The minimum absolute atomic E-state index is 0.0486. The summed E-state index contributed by atoms with van der Waals surface area (Å²) in [5, 5.41) is 3.08. The molecule has 0 saturated heterocycles. The molecule has 1 amide bonds. The van der Waals surface area contributed by atoms with Crippen LogP contribution in [-0.2, 0) is 10.0 Å². The van der Waals surface area contributed by atoms with Gasteiger partial charge in [0, 0.05) is 16.7 Å². The Kier molecular flexibility index (Phi) is 6.49. The maximum absolute atomic E-state index is 12.8. The second kappa shape index (κ2) is 9.06. The zero-order chi connectivity index (χ0) is 21.7. The number of halogens is 1. The van der Waals surface area contributed by atoms with Gasteiger partial charge in [-0.05, 0) is 48.5 Å². The molecule has 9 heteroatoms. The summed E-state index contributed by atoms with van der Waals surface area (Å²) < 4.78 is 38.5. The van der Waals surface area contributed by atoms with Crippen molar-refractivity contribution >= 4 is 38.9 Å². The Morgan fingerprint density at radius 2 is 1.70 bits per heavy atom. The van der Waals surface area contributed by atoms with Gasteiger partial charge in [-0.3, -0.25) is 9.52 Å². The van der Waals surface area contributed by atoms with E-state index < -0.39 is 15.9 Å². The maximum atomic E-state index is 12.8. The molecule has 0 spiro atoms. The maximum Gasteiger partial charge on any atom is 0.261 e. The first-order valence-electron chi connectivity index (χ1n) is 8.74. The highest BCUT2D eigenvalue weighted by Gasteiger charge is 2.18. The summed E-state index contributed by atoms with van der Waals surface area (Å²) >= 11 is 5.93. The van der Waals surface area contributed by atoms with Crippen molar-refractivity contribution in [2.24, 2.45) is 0 Å². The molecule has 0 unspecified atom stereocenters. The number of hydrogen-bond acceptors (Lipinski definition) is 5. The van der Waals surface area contributed by atoms with E-state index in [0.29, 0.717) is 27.8 Å². The first kappa shape index (κ1) is 21.5. The van der Waals surface area contributed by atoms with Crippen molar-refractivity contribution in [1.82, 2.24) is 0 Å². The average molecular weight is 447 g/mol. The fourth-order valence-electron chi connectivity index (χ4n) is 2.68. The number of hydrogen-bond donors (Lipinski definition) is 2. The first-order valence-corrected chi connectivity index (χ1v) is 10.6. The van der Waals surface area contributed by atoms with Gasteiger partial charge >= 0.3 is 0 Å². The Hall–Kier alpha value is -3.23. The number of carbonyl (C=O) groups is 1. The van der Waals surface area contributed by atoms with E-state index in [2.05, 4.69) is 10.0 Å². The molecule has 3 rings (SSSR count). The predicted molar refractivity (Wildman–Crippen MR) is 116 cm³/mol. The predicted octanol–water partition coefficient (Wildman–Crippen LogP) is 4.41. The monoisotopic (exact) mass is 446 g/mol. The third kappa shape index (κ3) is 5.03. The SMILES string of the molecule is COc1cccc(NS(=O)(=O)c2ccc(OC)c(NC(=O)c3cccc(Cl)c3)c2)c1. The van der Waals surface area contributed by atoms with Crippen LogP contribution in [-0.4, -0.2) is 28.5 Å². The number of nitrogens with one attached hydrogen (secondary N) is 2. The number of anilines is 2. The molecule has 0 aliphatic heterocycles. The molecule has 3 aromatic carbocycles. The van der Waals surface area contributed by atoms with Crippen LogP contribution < -0.4 is 19.5 Å². The molecule has 0 fully saturated rings. The van der Waals surface area contributed by atoms with E-state index in [9.17, 15) is 13.2 Å². The van der Waals surface area contributed by atoms with Crippen molar-refractivity contribution in [2.75, 3.05) is 24.3 Å². The Labute approximate surface area is 179 Å². The number of rotatable bonds is 7. The molecular formula is C21H19ClN2O5S. The van der Waals surface area contributed by atoms with Crippen molar-refractivity contribution in [3.63, 3.8) is 0 Å². The van der Waals surface area contributed by atoms with E-state index >= 15 is 0 Å². The number of benzene rings is 3. The third-order valence-corrected chi connectivity index (χ3v) is 5.75. The summed E-state index contributed by atoms with van der Waals surface area (Å²) in [6.45, 7) is 0. The van der Waals surface area contributed by atoms with Gasteiger partial charge in [-0.15, -0.1) is 0 Å². The zero-order valence-corrected chi connectivity index (χ0v) is 17.8. The van der Waals surface area contributed by atoms with Gasteiger partial charge in [-0.1, -0.05) is 23.7 Å². The Morgan fingerprint density at radius 3 is 2.40 bits per heavy atom. The molecule has 0 aromatic heterocycles. The van der Waals surface area contributed by atoms with Gasteiger partial charge in [0.2, 0.25) is 0 Å². The van der Waals surface area contributed by atoms with Crippen LogP contribution in [0.4, 0.5) is 11.4 Å². The Morgan fingerprint density at radius 1 is 0.933 bits per heavy atom.